The van der Waals surface area contributed by atoms with E-state index in [2.05, 4.69) is 15.3 Å². The Morgan fingerprint density at radius 3 is 2.64 bits per heavy atom. The molecule has 0 aromatic carbocycles. The first kappa shape index (κ1) is 10.4. The molecule has 1 amide bonds. The highest BCUT2D eigenvalue weighted by Crippen LogP contribution is 2.13. The Morgan fingerprint density at radius 2 is 2.21 bits per heavy atom. The van der Waals surface area contributed by atoms with E-state index in [4.69, 9.17) is 16.7 Å². The molecule has 1 heterocycles. The Labute approximate surface area is 83.9 Å². The zero-order valence-corrected chi connectivity index (χ0v) is 7.87. The fourth-order valence-corrected chi connectivity index (χ4v) is 0.932. The maximum atomic E-state index is 10.6. The number of rotatable bonds is 2. The van der Waals surface area contributed by atoms with E-state index >= 15 is 0 Å². The van der Waals surface area contributed by atoms with E-state index in [0.29, 0.717) is 0 Å². The number of anilines is 1. The summed E-state index contributed by atoms with van der Waals surface area (Å²) in [6.45, 7) is 1.28. The van der Waals surface area contributed by atoms with Crippen molar-refractivity contribution in [1.82, 2.24) is 9.97 Å². The van der Waals surface area contributed by atoms with Crippen molar-refractivity contribution in [3.05, 3.63) is 16.9 Å². The van der Waals surface area contributed by atoms with Crippen LogP contribution in [0.2, 0.25) is 5.15 Å². The van der Waals surface area contributed by atoms with Gasteiger partial charge in [-0.25, -0.2) is 9.78 Å². The van der Waals surface area contributed by atoms with Gasteiger partial charge in [0.25, 0.3) is 0 Å². The van der Waals surface area contributed by atoms with Crippen LogP contribution in [0.3, 0.4) is 0 Å². The number of hydrogen-bond acceptors (Lipinski definition) is 4. The molecule has 0 unspecified atom stereocenters. The van der Waals surface area contributed by atoms with E-state index in [1.165, 1.54) is 6.92 Å². The first-order chi connectivity index (χ1) is 6.50. The number of carbonyl (C=O) groups excluding carboxylic acids is 1. The molecule has 6 nitrogen and oxygen atoms in total. The molecule has 74 valence electrons. The minimum absolute atomic E-state index is 0.0208. The molecule has 0 fully saturated rings. The Balaban J connectivity index is 3.00. The number of hydrogen-bond donors (Lipinski definition) is 2. The Kier molecular flexibility index (Phi) is 2.98. The number of carboxylic acid groups (broad SMARTS) is 1. The van der Waals surface area contributed by atoms with Crippen LogP contribution >= 0.6 is 11.6 Å². The summed E-state index contributed by atoms with van der Waals surface area (Å²) in [5.41, 5.74) is -0.208. The summed E-state index contributed by atoms with van der Waals surface area (Å²) in [5.74, 6) is -1.60. The van der Waals surface area contributed by atoms with Crippen molar-refractivity contribution in [3.63, 3.8) is 0 Å². The van der Waals surface area contributed by atoms with Crippen LogP contribution in [0.25, 0.3) is 0 Å². The van der Waals surface area contributed by atoms with Crippen molar-refractivity contribution in [3.8, 4) is 0 Å². The second-order valence-corrected chi connectivity index (χ2v) is 2.74. The molecule has 1 aromatic heterocycles. The van der Waals surface area contributed by atoms with E-state index in [1.807, 2.05) is 0 Å². The molecule has 0 atom stereocenters. The highest BCUT2D eigenvalue weighted by molar-refractivity contribution is 6.32. The molecule has 0 saturated carbocycles. The highest BCUT2D eigenvalue weighted by Gasteiger charge is 2.11. The van der Waals surface area contributed by atoms with Crippen LogP contribution < -0.4 is 5.32 Å². The number of nitrogens with one attached hydrogen (secondary N) is 1. The minimum Gasteiger partial charge on any atom is -0.478 e. The Hall–Kier alpha value is -1.69. The zero-order valence-electron chi connectivity index (χ0n) is 7.11. The van der Waals surface area contributed by atoms with Gasteiger partial charge in [0.2, 0.25) is 11.9 Å². The lowest BCUT2D eigenvalue weighted by Gasteiger charge is -2.01. The van der Waals surface area contributed by atoms with E-state index in [1.54, 1.807) is 0 Å². The quantitative estimate of drug-likeness (QED) is 0.712. The largest absolute Gasteiger partial charge is 0.478 e. The summed E-state index contributed by atoms with van der Waals surface area (Å²) < 4.78 is 0. The first-order valence-corrected chi connectivity index (χ1v) is 3.92. The van der Waals surface area contributed by atoms with Gasteiger partial charge < -0.3 is 5.11 Å². The third-order valence-electron chi connectivity index (χ3n) is 1.26. The lowest BCUT2D eigenvalue weighted by atomic mass is 10.3. The number of nitrogens with zero attached hydrogens (tertiary/aromatic N) is 2. The second kappa shape index (κ2) is 4.01. The second-order valence-electron chi connectivity index (χ2n) is 2.38. The van der Waals surface area contributed by atoms with Gasteiger partial charge >= 0.3 is 5.97 Å². The van der Waals surface area contributed by atoms with Crippen molar-refractivity contribution in [1.29, 1.82) is 0 Å². The van der Waals surface area contributed by atoms with Gasteiger partial charge in [-0.2, -0.15) is 4.98 Å². The monoisotopic (exact) mass is 215 g/mol. The van der Waals surface area contributed by atoms with Crippen LogP contribution in [0, 0.1) is 0 Å². The summed E-state index contributed by atoms with van der Waals surface area (Å²) >= 11 is 5.52. The van der Waals surface area contributed by atoms with E-state index in [0.717, 1.165) is 6.20 Å². The summed E-state index contributed by atoms with van der Waals surface area (Å²) in [6, 6.07) is 0. The van der Waals surface area contributed by atoms with Gasteiger partial charge in [-0.1, -0.05) is 11.6 Å². The smallest absolute Gasteiger partial charge is 0.340 e. The Bertz CT molecular complexity index is 394. The average Bonchev–Trinajstić information content (AvgIpc) is 2.01. The van der Waals surface area contributed by atoms with Crippen LogP contribution in [0.4, 0.5) is 5.95 Å². The maximum Gasteiger partial charge on any atom is 0.340 e. The van der Waals surface area contributed by atoms with Crippen LogP contribution in [0.5, 0.6) is 0 Å². The summed E-state index contributed by atoms with van der Waals surface area (Å²) in [4.78, 5) is 28.3. The Morgan fingerprint density at radius 1 is 1.57 bits per heavy atom. The van der Waals surface area contributed by atoms with Crippen LogP contribution in [0.1, 0.15) is 17.3 Å². The molecule has 0 saturated heterocycles. The number of halogens is 1. The molecule has 0 aliphatic carbocycles. The third-order valence-corrected chi connectivity index (χ3v) is 1.55. The number of carbonyl (C=O) groups is 2. The summed E-state index contributed by atoms with van der Waals surface area (Å²) in [5, 5.41) is 10.6. The van der Waals surface area contributed by atoms with E-state index in [9.17, 15) is 9.59 Å². The number of amides is 1. The molecule has 0 spiro atoms. The van der Waals surface area contributed by atoms with E-state index in [-0.39, 0.29) is 22.6 Å². The molecule has 1 aromatic rings. The molecule has 0 aliphatic heterocycles. The van der Waals surface area contributed by atoms with Gasteiger partial charge in [-0.05, 0) is 0 Å². The maximum absolute atomic E-state index is 10.6. The van der Waals surface area contributed by atoms with Gasteiger partial charge in [0.1, 0.15) is 10.7 Å². The standard InChI is InChI=1S/C7H6ClN3O3/c1-3(12)10-7-9-2-4(6(13)14)5(8)11-7/h2H,1H3,(H,13,14)(H,9,10,11,12). The molecule has 14 heavy (non-hydrogen) atoms. The molecular weight excluding hydrogens is 210 g/mol. The van der Waals surface area contributed by atoms with Gasteiger partial charge in [0, 0.05) is 13.1 Å². The van der Waals surface area contributed by atoms with Crippen molar-refractivity contribution in [2.45, 2.75) is 6.92 Å². The number of aromatic nitrogens is 2. The fourth-order valence-electron chi connectivity index (χ4n) is 0.722. The number of aromatic carboxylic acids is 1. The molecule has 1 rings (SSSR count). The normalized spacial score (nSPS) is 9.57. The number of carboxylic acids is 1. The SMILES string of the molecule is CC(=O)Nc1ncc(C(=O)O)c(Cl)n1. The highest BCUT2D eigenvalue weighted by atomic mass is 35.5. The molecule has 7 heteroatoms. The predicted molar refractivity (Wildman–Crippen MR) is 48.3 cm³/mol. The minimum atomic E-state index is -1.22. The van der Waals surface area contributed by atoms with Crippen molar-refractivity contribution < 1.29 is 14.7 Å². The van der Waals surface area contributed by atoms with Crippen molar-refractivity contribution >= 4 is 29.4 Å². The van der Waals surface area contributed by atoms with Gasteiger partial charge in [-0.15, -0.1) is 0 Å². The summed E-state index contributed by atoms with van der Waals surface area (Å²) in [6.07, 6.45) is 1.03. The van der Waals surface area contributed by atoms with Gasteiger partial charge in [0.05, 0.1) is 0 Å². The molecule has 0 bridgehead atoms. The fraction of sp³-hybridized carbons (Fsp3) is 0.143. The molecular formula is C7H6ClN3O3. The average molecular weight is 216 g/mol. The van der Waals surface area contributed by atoms with Crippen molar-refractivity contribution in [2.24, 2.45) is 0 Å². The van der Waals surface area contributed by atoms with Crippen LogP contribution in [0.15, 0.2) is 6.20 Å². The van der Waals surface area contributed by atoms with Crippen LogP contribution in [-0.2, 0) is 4.79 Å². The van der Waals surface area contributed by atoms with E-state index < -0.39 is 5.97 Å². The first-order valence-electron chi connectivity index (χ1n) is 3.54. The molecule has 2 N–H and O–H groups in total. The topological polar surface area (TPSA) is 92.2 Å². The molecule has 0 radical (unpaired) electrons. The van der Waals surface area contributed by atoms with Gasteiger partial charge in [0.15, 0.2) is 0 Å². The third kappa shape index (κ3) is 2.40. The zero-order chi connectivity index (χ0) is 10.7. The lowest BCUT2D eigenvalue weighted by molar-refractivity contribution is -0.114. The van der Waals surface area contributed by atoms with Crippen molar-refractivity contribution in [2.75, 3.05) is 5.32 Å². The predicted octanol–water partition coefficient (Wildman–Crippen LogP) is 0.787. The molecule has 0 aliphatic rings. The van der Waals surface area contributed by atoms with Gasteiger partial charge in [-0.3, -0.25) is 10.1 Å². The van der Waals surface area contributed by atoms with Crippen LogP contribution in [-0.4, -0.2) is 27.0 Å². The summed E-state index contributed by atoms with van der Waals surface area (Å²) in [7, 11) is 0. The lowest BCUT2D eigenvalue weighted by Crippen LogP contribution is -2.10.